The van der Waals surface area contributed by atoms with Crippen molar-refractivity contribution < 1.29 is 14.6 Å². The summed E-state index contributed by atoms with van der Waals surface area (Å²) in [7, 11) is 0. The molecular weight excluding hydrogens is 344 g/mol. The molecule has 0 spiro atoms. The summed E-state index contributed by atoms with van der Waals surface area (Å²) < 4.78 is 7.23. The highest BCUT2D eigenvalue weighted by molar-refractivity contribution is 5.92. The number of anilines is 1. The zero-order chi connectivity index (χ0) is 19.6. The number of rotatable bonds is 3. The number of nitriles is 1. The molecule has 7 heteroatoms. The van der Waals surface area contributed by atoms with Crippen molar-refractivity contribution in [2.75, 3.05) is 11.9 Å². The van der Waals surface area contributed by atoms with E-state index >= 15 is 0 Å². The topological polar surface area (TPSA) is 100 Å². The van der Waals surface area contributed by atoms with E-state index in [4.69, 9.17) is 4.74 Å². The van der Waals surface area contributed by atoms with Gasteiger partial charge in [0.25, 0.3) is 0 Å². The van der Waals surface area contributed by atoms with Crippen LogP contribution >= 0.6 is 0 Å². The van der Waals surface area contributed by atoms with Gasteiger partial charge in [0.2, 0.25) is 0 Å². The van der Waals surface area contributed by atoms with Gasteiger partial charge in [-0.2, -0.15) is 10.4 Å². The zero-order valence-corrected chi connectivity index (χ0v) is 16.0. The van der Waals surface area contributed by atoms with Crippen LogP contribution in [-0.4, -0.2) is 33.2 Å². The molecule has 0 unspecified atom stereocenters. The first-order valence-electron chi connectivity index (χ1n) is 9.33. The second-order valence-corrected chi connectivity index (χ2v) is 8.16. The summed E-state index contributed by atoms with van der Waals surface area (Å²) in [6.45, 7) is 5.61. The molecule has 0 radical (unpaired) electrons. The van der Waals surface area contributed by atoms with Gasteiger partial charge in [-0.05, 0) is 64.5 Å². The van der Waals surface area contributed by atoms with Crippen LogP contribution in [0.15, 0.2) is 18.3 Å². The smallest absolute Gasteiger partial charge is 0.412 e. The third-order valence-electron chi connectivity index (χ3n) is 4.87. The lowest BCUT2D eigenvalue weighted by Gasteiger charge is -2.27. The van der Waals surface area contributed by atoms with Crippen LogP contribution in [0.1, 0.15) is 58.1 Å². The first-order valence-corrected chi connectivity index (χ1v) is 9.33. The minimum Gasteiger partial charge on any atom is -0.444 e. The molecule has 1 aliphatic carbocycles. The number of hydrogen-bond acceptors (Lipinski definition) is 5. The first kappa shape index (κ1) is 19.2. The van der Waals surface area contributed by atoms with E-state index in [1.165, 1.54) is 0 Å². The third kappa shape index (κ3) is 4.58. The van der Waals surface area contributed by atoms with Crippen molar-refractivity contribution in [3.63, 3.8) is 0 Å². The standard InChI is InChI=1S/C20H26N4O3/c1-20(2,3)27-19(26)22-17-9-15-11-24(23-18(15)8-14(17)10-21)16-6-4-13(12-25)5-7-16/h8-9,11,13,16,25H,4-7,12H2,1-3H3,(H,22,26). The third-order valence-corrected chi connectivity index (χ3v) is 4.87. The summed E-state index contributed by atoms with van der Waals surface area (Å²) in [6, 6.07) is 5.87. The second kappa shape index (κ2) is 7.57. The normalized spacial score (nSPS) is 20.3. The average molecular weight is 370 g/mol. The van der Waals surface area contributed by atoms with Crippen LogP contribution in [0.4, 0.5) is 10.5 Å². The summed E-state index contributed by atoms with van der Waals surface area (Å²) in [5, 5.41) is 26.9. The van der Waals surface area contributed by atoms with E-state index in [9.17, 15) is 15.2 Å². The van der Waals surface area contributed by atoms with Crippen molar-refractivity contribution in [1.29, 1.82) is 5.26 Å². The lowest BCUT2D eigenvalue weighted by molar-refractivity contribution is 0.0636. The van der Waals surface area contributed by atoms with E-state index in [1.54, 1.807) is 32.9 Å². The van der Waals surface area contributed by atoms with Crippen LogP contribution < -0.4 is 5.32 Å². The fraction of sp³-hybridized carbons (Fsp3) is 0.550. The fourth-order valence-electron chi connectivity index (χ4n) is 3.48. The predicted molar refractivity (Wildman–Crippen MR) is 102 cm³/mol. The lowest BCUT2D eigenvalue weighted by Crippen LogP contribution is -2.27. The van der Waals surface area contributed by atoms with Gasteiger partial charge >= 0.3 is 6.09 Å². The maximum absolute atomic E-state index is 12.1. The Morgan fingerprint density at radius 2 is 2.07 bits per heavy atom. The molecule has 1 aromatic heterocycles. The number of aromatic nitrogens is 2. The van der Waals surface area contributed by atoms with Crippen molar-refractivity contribution in [1.82, 2.24) is 9.78 Å². The summed E-state index contributed by atoms with van der Waals surface area (Å²) in [5.74, 6) is 0.390. The number of amides is 1. The number of carbonyl (C=O) groups is 1. The molecule has 27 heavy (non-hydrogen) atoms. The van der Waals surface area contributed by atoms with Crippen molar-refractivity contribution in [2.45, 2.75) is 58.1 Å². The Bertz CT molecular complexity index is 868. The summed E-state index contributed by atoms with van der Waals surface area (Å²) in [6.07, 6.45) is 5.31. The molecule has 1 heterocycles. The average Bonchev–Trinajstić information content (AvgIpc) is 3.02. The Morgan fingerprint density at radius 3 is 2.67 bits per heavy atom. The van der Waals surface area contributed by atoms with E-state index in [2.05, 4.69) is 16.5 Å². The molecule has 0 atom stereocenters. The lowest BCUT2D eigenvalue weighted by atomic mass is 9.87. The molecule has 0 aliphatic heterocycles. The van der Waals surface area contributed by atoms with Crippen molar-refractivity contribution >= 4 is 22.7 Å². The van der Waals surface area contributed by atoms with Crippen LogP contribution in [0.5, 0.6) is 0 Å². The number of aliphatic hydroxyl groups is 1. The Labute approximate surface area is 158 Å². The van der Waals surface area contributed by atoms with Crippen LogP contribution in [0.3, 0.4) is 0 Å². The summed E-state index contributed by atoms with van der Waals surface area (Å²) in [4.78, 5) is 12.1. The molecule has 7 nitrogen and oxygen atoms in total. The van der Waals surface area contributed by atoms with Crippen molar-refractivity contribution in [3.8, 4) is 6.07 Å². The number of nitrogens with one attached hydrogen (secondary N) is 1. The number of ether oxygens (including phenoxy) is 1. The highest BCUT2D eigenvalue weighted by Crippen LogP contribution is 2.33. The van der Waals surface area contributed by atoms with Gasteiger partial charge in [-0.3, -0.25) is 10.00 Å². The molecule has 3 rings (SSSR count). The van der Waals surface area contributed by atoms with Crippen LogP contribution in [0.2, 0.25) is 0 Å². The van der Waals surface area contributed by atoms with E-state index in [1.807, 2.05) is 10.9 Å². The number of nitrogens with zero attached hydrogens (tertiary/aromatic N) is 3. The molecule has 0 saturated heterocycles. The minimum absolute atomic E-state index is 0.249. The maximum atomic E-state index is 12.1. The van der Waals surface area contributed by atoms with Crippen LogP contribution in [0.25, 0.3) is 10.9 Å². The first-order chi connectivity index (χ1) is 12.8. The van der Waals surface area contributed by atoms with Gasteiger partial charge in [-0.1, -0.05) is 0 Å². The van der Waals surface area contributed by atoms with Crippen LogP contribution in [-0.2, 0) is 4.74 Å². The zero-order valence-electron chi connectivity index (χ0n) is 16.0. The number of fused-ring (bicyclic) bond motifs is 1. The Hall–Kier alpha value is -2.59. The highest BCUT2D eigenvalue weighted by atomic mass is 16.6. The van der Waals surface area contributed by atoms with Gasteiger partial charge in [-0.25, -0.2) is 4.79 Å². The van der Waals surface area contributed by atoms with Crippen molar-refractivity contribution in [2.24, 2.45) is 5.92 Å². The largest absolute Gasteiger partial charge is 0.444 e. The van der Waals surface area contributed by atoms with Crippen molar-refractivity contribution in [3.05, 3.63) is 23.9 Å². The van der Waals surface area contributed by atoms with E-state index in [0.717, 1.165) is 36.6 Å². The van der Waals surface area contributed by atoms with E-state index in [-0.39, 0.29) is 6.61 Å². The highest BCUT2D eigenvalue weighted by Gasteiger charge is 2.23. The Morgan fingerprint density at radius 1 is 1.37 bits per heavy atom. The van der Waals surface area contributed by atoms with Gasteiger partial charge in [0.05, 0.1) is 22.8 Å². The predicted octanol–water partition coefficient (Wildman–Crippen LogP) is 3.98. The minimum atomic E-state index is -0.612. The fourth-order valence-corrected chi connectivity index (χ4v) is 3.48. The number of aliphatic hydroxyl groups excluding tert-OH is 1. The van der Waals surface area contributed by atoms with Gasteiger partial charge in [-0.15, -0.1) is 0 Å². The molecule has 2 N–H and O–H groups in total. The SMILES string of the molecule is CC(C)(C)OC(=O)Nc1cc2cn(C3CCC(CO)CC3)nc2cc1C#N. The molecule has 1 aliphatic rings. The quantitative estimate of drug-likeness (QED) is 0.851. The molecule has 1 fully saturated rings. The second-order valence-electron chi connectivity index (χ2n) is 8.16. The van der Waals surface area contributed by atoms with E-state index in [0.29, 0.717) is 23.2 Å². The Balaban J connectivity index is 1.83. The maximum Gasteiger partial charge on any atom is 0.412 e. The monoisotopic (exact) mass is 370 g/mol. The van der Waals surface area contributed by atoms with Gasteiger partial charge < -0.3 is 9.84 Å². The Kier molecular flexibility index (Phi) is 5.38. The summed E-state index contributed by atoms with van der Waals surface area (Å²) in [5.41, 5.74) is 0.884. The molecule has 2 aromatic rings. The molecule has 144 valence electrons. The molecule has 1 aromatic carbocycles. The number of carbonyl (C=O) groups excluding carboxylic acids is 1. The molecule has 0 bridgehead atoms. The summed E-state index contributed by atoms with van der Waals surface area (Å²) >= 11 is 0. The van der Waals surface area contributed by atoms with Gasteiger partial charge in [0.1, 0.15) is 11.7 Å². The van der Waals surface area contributed by atoms with E-state index < -0.39 is 11.7 Å². The van der Waals surface area contributed by atoms with Gasteiger partial charge in [0, 0.05) is 18.2 Å². The number of hydrogen-bond donors (Lipinski definition) is 2. The van der Waals surface area contributed by atoms with Crippen LogP contribution in [0, 0.1) is 17.2 Å². The molecule has 1 amide bonds. The molecular formula is C20H26N4O3. The number of benzene rings is 1. The molecule has 1 saturated carbocycles. The van der Waals surface area contributed by atoms with Gasteiger partial charge in [0.15, 0.2) is 0 Å².